The molecule has 3 N–H and O–H groups in total. The second kappa shape index (κ2) is 15.9. The quantitative estimate of drug-likeness (QED) is 0.162. The second-order valence-electron chi connectivity index (χ2n) is 11.2. The van der Waals surface area contributed by atoms with E-state index in [-0.39, 0.29) is 12.2 Å². The molecule has 10 radical (unpaired) electrons. The van der Waals surface area contributed by atoms with Crippen LogP contribution >= 0.6 is 0 Å². The highest BCUT2D eigenvalue weighted by Gasteiger charge is 2.47. The van der Waals surface area contributed by atoms with Gasteiger partial charge in [0.15, 0.2) is 5.60 Å². The average molecular weight is 617 g/mol. The lowest BCUT2D eigenvalue weighted by molar-refractivity contribution is -0.255. The van der Waals surface area contributed by atoms with Gasteiger partial charge in [-0.05, 0) is 50.0 Å². The van der Waals surface area contributed by atoms with E-state index in [1.165, 1.54) is 31.5 Å². The van der Waals surface area contributed by atoms with Gasteiger partial charge in [0.05, 0.1) is 56.8 Å². The summed E-state index contributed by atoms with van der Waals surface area (Å²) in [6, 6.07) is 7.29. The smallest absolute Gasteiger partial charge is 0.369 e. The summed E-state index contributed by atoms with van der Waals surface area (Å²) in [7, 11) is 31.7. The molecule has 0 aliphatic heterocycles. The number of imidazole rings is 1. The number of fused-ring (bicyclic) bond motifs is 1. The highest BCUT2D eigenvalue weighted by Crippen LogP contribution is 2.32. The van der Waals surface area contributed by atoms with Crippen molar-refractivity contribution in [2.75, 3.05) is 27.2 Å². The zero-order chi connectivity index (χ0) is 34.1. The molecule has 1 aliphatic rings. The van der Waals surface area contributed by atoms with Crippen molar-refractivity contribution >= 4 is 62.6 Å². The minimum atomic E-state index is -4.28. The van der Waals surface area contributed by atoms with Gasteiger partial charge >= 0.3 is 6.18 Å². The molecule has 10 nitrogen and oxygen atoms in total. The van der Waals surface area contributed by atoms with Crippen LogP contribution in [0.2, 0.25) is 5.11 Å². The van der Waals surface area contributed by atoms with E-state index in [1.54, 1.807) is 0 Å². The number of hydrogen-bond acceptors (Lipinski definition) is 6. The monoisotopic (exact) mass is 617 g/mol. The van der Waals surface area contributed by atoms with Crippen molar-refractivity contribution in [2.45, 2.75) is 68.4 Å². The first-order valence-corrected chi connectivity index (χ1v) is 14.1. The van der Waals surface area contributed by atoms with Crippen molar-refractivity contribution in [2.24, 2.45) is 0 Å². The molecule has 1 saturated carbocycles. The first kappa shape index (κ1) is 38.1. The molecule has 2 aromatic heterocycles. The summed E-state index contributed by atoms with van der Waals surface area (Å²) >= 11 is 0. The number of alkyl halides is 3. The van der Waals surface area contributed by atoms with Crippen LogP contribution in [-0.4, -0.2) is 115 Å². The fourth-order valence-electron chi connectivity index (χ4n) is 3.32. The number of rotatable bonds is 12. The van der Waals surface area contributed by atoms with Gasteiger partial charge in [0, 0.05) is 32.9 Å². The number of hydrogen-bond donors (Lipinski definition) is 3. The molecule has 2 heterocycles. The number of H-pyrrole nitrogens is 1. The van der Waals surface area contributed by atoms with Crippen LogP contribution in [-0.2, 0) is 28.0 Å². The van der Waals surface area contributed by atoms with Crippen LogP contribution in [0, 0.1) is 0 Å². The lowest BCUT2D eigenvalue weighted by Crippen LogP contribution is -2.50. The Morgan fingerprint density at radius 1 is 1.13 bits per heavy atom. The molecular weight excluding hydrogens is 581 g/mol. The predicted molar refractivity (Wildman–Crippen MR) is 170 cm³/mol. The fourth-order valence-corrected chi connectivity index (χ4v) is 3.32. The molecule has 0 unspecified atom stereocenters. The van der Waals surface area contributed by atoms with Gasteiger partial charge in [-0.1, -0.05) is 25.3 Å². The number of carbonyl (C=O) groups excluding carboxylic acids is 2. The molecule has 3 aromatic rings. The SMILES string of the molecule is C1CC1.COC(C)(C)C(F)(F)F.[B]C([B])([B])C([B])([B])n1nccc1C(=O)NCc1nc2ccc(CN(C)CCNC=O)cc2[nH]1. The van der Waals surface area contributed by atoms with E-state index in [0.29, 0.717) is 25.3 Å². The maximum Gasteiger partial charge on any atom is 0.416 e. The number of nitrogens with zero attached hydrogens (tertiary/aromatic N) is 4. The largest absolute Gasteiger partial charge is 0.416 e. The Balaban J connectivity index is 0.000000492. The number of ether oxygens (including phenoxy) is 1. The number of halogens is 3. The number of carbonyl (C=O) groups is 2. The maximum atomic E-state index is 12.7. The van der Waals surface area contributed by atoms with Crippen molar-refractivity contribution < 1.29 is 27.5 Å². The van der Waals surface area contributed by atoms with Crippen LogP contribution in [0.25, 0.3) is 11.0 Å². The van der Waals surface area contributed by atoms with Gasteiger partial charge < -0.3 is 25.3 Å². The van der Waals surface area contributed by atoms with Gasteiger partial charge in [0.2, 0.25) is 6.41 Å². The molecule has 18 heteroatoms. The average Bonchev–Trinajstić information content (AvgIpc) is 3.64. The molecule has 1 fully saturated rings. The standard InChI is InChI=1S/C19H20B5N7O2.C5H9F3O.C3H6/c1-30(7-6-25-11-32)10-12-2-3-13-14(8-12)29-16(28-13)9-26-17(33)15-4-5-27-31(15)19(23,24)18(20,21)22;1-4(2,9-3)5(6,7)8;1-2-3-1/h2-5,8,11H,6-7,9-10H2,1H3,(H,25,32)(H,26,33)(H,28,29);1-3H3;1-3H2. The van der Waals surface area contributed by atoms with Gasteiger partial charge in [-0.3, -0.25) is 14.3 Å². The molecule has 0 spiro atoms. The molecule has 0 saturated heterocycles. The van der Waals surface area contributed by atoms with Crippen LogP contribution in [0.5, 0.6) is 0 Å². The Hall–Kier alpha value is -3.13. The number of aromatic nitrogens is 4. The van der Waals surface area contributed by atoms with Gasteiger partial charge in [-0.15, -0.1) is 5.11 Å². The van der Waals surface area contributed by atoms with Gasteiger partial charge in [0.25, 0.3) is 5.91 Å². The van der Waals surface area contributed by atoms with Gasteiger partial charge in [-0.25, -0.2) is 4.98 Å². The third kappa shape index (κ3) is 11.3. The molecule has 4 rings (SSSR count). The van der Waals surface area contributed by atoms with E-state index in [2.05, 4.69) is 35.3 Å². The zero-order valence-electron chi connectivity index (χ0n) is 25.9. The van der Waals surface area contributed by atoms with Crippen molar-refractivity contribution in [3.8, 4) is 0 Å². The van der Waals surface area contributed by atoms with Crippen molar-refractivity contribution in [1.29, 1.82) is 0 Å². The second-order valence-corrected chi connectivity index (χ2v) is 11.2. The third-order valence-electron chi connectivity index (χ3n) is 6.65. The van der Waals surface area contributed by atoms with E-state index >= 15 is 0 Å². The number of nitrogens with one attached hydrogen (secondary N) is 3. The van der Waals surface area contributed by atoms with Crippen LogP contribution in [0.15, 0.2) is 30.5 Å². The molecule has 2 amide bonds. The summed E-state index contributed by atoms with van der Waals surface area (Å²) in [5, 5.41) is 5.28. The summed E-state index contributed by atoms with van der Waals surface area (Å²) in [6.45, 7) is 4.08. The van der Waals surface area contributed by atoms with Crippen LogP contribution in [0.1, 0.15) is 55.0 Å². The van der Waals surface area contributed by atoms with Crippen LogP contribution in [0.3, 0.4) is 0 Å². The Kier molecular flexibility index (Phi) is 13.5. The van der Waals surface area contributed by atoms with E-state index in [0.717, 1.165) is 48.8 Å². The van der Waals surface area contributed by atoms with Crippen molar-refractivity contribution in [3.63, 3.8) is 0 Å². The van der Waals surface area contributed by atoms with E-state index < -0.39 is 28.1 Å². The Bertz CT molecular complexity index is 1390. The highest BCUT2D eigenvalue weighted by atomic mass is 19.4. The highest BCUT2D eigenvalue weighted by molar-refractivity contribution is 6.66. The number of amides is 2. The topological polar surface area (TPSA) is 117 Å². The van der Waals surface area contributed by atoms with Gasteiger partial charge in [0.1, 0.15) is 11.5 Å². The van der Waals surface area contributed by atoms with Crippen molar-refractivity contribution in [3.05, 3.63) is 47.5 Å². The van der Waals surface area contributed by atoms with Crippen molar-refractivity contribution in [1.82, 2.24) is 35.3 Å². The van der Waals surface area contributed by atoms with Gasteiger partial charge in [-0.2, -0.15) is 18.3 Å². The number of methoxy groups -OCH3 is 1. The first-order valence-electron chi connectivity index (χ1n) is 14.1. The lowest BCUT2D eigenvalue weighted by atomic mass is 9.26. The number of aromatic amines is 1. The first-order chi connectivity index (χ1) is 20.8. The van der Waals surface area contributed by atoms with E-state index in [9.17, 15) is 22.8 Å². The zero-order valence-corrected chi connectivity index (χ0v) is 25.9. The van der Waals surface area contributed by atoms with E-state index in [1.807, 2.05) is 25.2 Å². The summed E-state index contributed by atoms with van der Waals surface area (Å²) in [4.78, 5) is 32.8. The molecule has 45 heavy (non-hydrogen) atoms. The van der Waals surface area contributed by atoms with Crippen LogP contribution < -0.4 is 10.6 Å². The molecule has 232 valence electrons. The third-order valence-corrected chi connectivity index (χ3v) is 6.65. The summed E-state index contributed by atoms with van der Waals surface area (Å²) in [5.41, 5.74) is 0.697. The summed E-state index contributed by atoms with van der Waals surface area (Å²) < 4.78 is 40.3. The van der Waals surface area contributed by atoms with E-state index in [4.69, 9.17) is 39.2 Å². The predicted octanol–water partition coefficient (Wildman–Crippen LogP) is 1.54. The molecular formula is C27H35B5F3N7O3. The summed E-state index contributed by atoms with van der Waals surface area (Å²) in [6.07, 6.45) is 2.24. The molecule has 1 aromatic carbocycles. The lowest BCUT2D eigenvalue weighted by Gasteiger charge is -2.42. The molecule has 1 aliphatic carbocycles. The Morgan fingerprint density at radius 2 is 1.78 bits per heavy atom. The fraction of sp³-hybridized carbons (Fsp3) is 0.556. The maximum absolute atomic E-state index is 12.7. The number of likely N-dealkylation sites (N-methyl/N-ethyl adjacent to an activating group) is 1. The summed E-state index contributed by atoms with van der Waals surface area (Å²) in [5.74, 6) is 0.0476. The normalized spacial score (nSPS) is 13.3. The molecule has 0 bridgehead atoms. The Morgan fingerprint density at radius 3 is 2.29 bits per heavy atom. The minimum absolute atomic E-state index is 0.0382. The Labute approximate surface area is 268 Å². The minimum Gasteiger partial charge on any atom is -0.369 e. The van der Waals surface area contributed by atoms with Crippen LogP contribution in [0.4, 0.5) is 13.2 Å². The molecule has 0 atom stereocenters. The number of benzene rings is 1.